The Labute approximate surface area is 161 Å². The molecule has 2 bridgehead atoms. The average molecular weight is 381 g/mol. The second-order valence-electron chi connectivity index (χ2n) is 6.61. The van der Waals surface area contributed by atoms with E-state index >= 15 is 0 Å². The Morgan fingerprint density at radius 2 is 1.96 bits per heavy atom. The summed E-state index contributed by atoms with van der Waals surface area (Å²) in [5, 5.41) is 1.29. The van der Waals surface area contributed by atoms with Gasteiger partial charge in [-0.05, 0) is 28.8 Å². The molecular formula is C20H19N3O5. The molecule has 0 radical (unpaired) electrons. The second-order valence-corrected chi connectivity index (χ2v) is 6.61. The lowest BCUT2D eigenvalue weighted by Crippen LogP contribution is -2.41. The number of ether oxygens (including phenoxy) is 1. The van der Waals surface area contributed by atoms with Crippen LogP contribution in [0, 0.1) is 0 Å². The van der Waals surface area contributed by atoms with Crippen LogP contribution in [0.15, 0.2) is 48.5 Å². The first-order valence-electron chi connectivity index (χ1n) is 8.86. The van der Waals surface area contributed by atoms with Crippen molar-refractivity contribution in [1.29, 1.82) is 0 Å². The Kier molecular flexibility index (Phi) is 4.70. The van der Waals surface area contributed by atoms with Gasteiger partial charge in [0.25, 0.3) is 0 Å². The molecule has 28 heavy (non-hydrogen) atoms. The van der Waals surface area contributed by atoms with Crippen molar-refractivity contribution in [2.24, 2.45) is 5.73 Å². The van der Waals surface area contributed by atoms with E-state index in [1.54, 1.807) is 18.2 Å². The van der Waals surface area contributed by atoms with Gasteiger partial charge in [0, 0.05) is 0 Å². The highest BCUT2D eigenvalue weighted by molar-refractivity contribution is 5.90. The molecule has 2 aromatic carbocycles. The van der Waals surface area contributed by atoms with Gasteiger partial charge in [-0.3, -0.25) is 14.4 Å². The van der Waals surface area contributed by atoms with Crippen LogP contribution in [0.3, 0.4) is 0 Å². The van der Waals surface area contributed by atoms with Crippen LogP contribution in [0.5, 0.6) is 5.75 Å². The summed E-state index contributed by atoms with van der Waals surface area (Å²) in [4.78, 5) is 42.8. The Morgan fingerprint density at radius 1 is 1.18 bits per heavy atom. The Morgan fingerprint density at radius 3 is 2.68 bits per heavy atom. The largest absolute Gasteiger partial charge is 0.486 e. The monoisotopic (exact) mass is 381 g/mol. The fraction of sp³-hybridized carbons (Fsp3) is 0.250. The Hall–Kier alpha value is -3.39. The number of nitrogens with zero attached hydrogens (tertiary/aromatic N) is 2. The van der Waals surface area contributed by atoms with Crippen LogP contribution in [0.2, 0.25) is 0 Å². The maximum Gasteiger partial charge on any atom is 0.345 e. The van der Waals surface area contributed by atoms with Gasteiger partial charge in [-0.2, -0.15) is 5.06 Å². The topological polar surface area (TPSA) is 102 Å². The third kappa shape index (κ3) is 3.07. The summed E-state index contributed by atoms with van der Waals surface area (Å²) in [5.74, 6) is -0.135. The van der Waals surface area contributed by atoms with Crippen molar-refractivity contribution >= 4 is 18.2 Å². The lowest BCUT2D eigenvalue weighted by molar-refractivity contribution is -0.141. The molecule has 144 valence electrons. The summed E-state index contributed by atoms with van der Waals surface area (Å²) >= 11 is 0. The minimum absolute atomic E-state index is 0.0814. The number of hydroxylamine groups is 2. The van der Waals surface area contributed by atoms with Crippen LogP contribution in [-0.4, -0.2) is 41.3 Å². The van der Waals surface area contributed by atoms with Gasteiger partial charge in [-0.1, -0.05) is 36.4 Å². The third-order valence-corrected chi connectivity index (χ3v) is 4.91. The van der Waals surface area contributed by atoms with Crippen LogP contribution in [0.25, 0.3) is 0 Å². The lowest BCUT2D eigenvalue weighted by atomic mass is 9.90. The van der Waals surface area contributed by atoms with Gasteiger partial charge < -0.3 is 15.4 Å². The van der Waals surface area contributed by atoms with E-state index in [0.717, 1.165) is 11.1 Å². The molecule has 1 saturated heterocycles. The van der Waals surface area contributed by atoms with Gasteiger partial charge in [0.1, 0.15) is 31.0 Å². The minimum atomic E-state index is -0.871. The van der Waals surface area contributed by atoms with Gasteiger partial charge in [0.05, 0.1) is 6.54 Å². The fourth-order valence-electron chi connectivity index (χ4n) is 3.69. The van der Waals surface area contributed by atoms with E-state index in [-0.39, 0.29) is 19.8 Å². The zero-order valence-electron chi connectivity index (χ0n) is 15.0. The number of carbonyl (C=O) groups is 3. The highest BCUT2D eigenvalue weighted by Gasteiger charge is 2.50. The van der Waals surface area contributed by atoms with E-state index < -0.39 is 24.0 Å². The van der Waals surface area contributed by atoms with Gasteiger partial charge in [0.2, 0.25) is 5.91 Å². The van der Waals surface area contributed by atoms with Crippen LogP contribution < -0.4 is 10.5 Å². The molecule has 4 rings (SSSR count). The van der Waals surface area contributed by atoms with E-state index in [1.807, 2.05) is 30.3 Å². The van der Waals surface area contributed by atoms with Crippen LogP contribution >= 0.6 is 0 Å². The first kappa shape index (κ1) is 18.0. The number of benzene rings is 2. The summed E-state index contributed by atoms with van der Waals surface area (Å²) in [6.07, 6.45) is 0.655. The van der Waals surface area contributed by atoms with E-state index in [0.29, 0.717) is 17.6 Å². The number of aldehydes is 1. The standard InChI is InChI=1S/C20H19N3O5/c21-19(25)18-15-7-6-14(27-9-8-24)10-16(15)17-11-22(18)20(26)23(17)28-12-13-4-2-1-3-5-13/h1-8,10,17-18H,9,11-12H2,(H2,21,25)/t17-,18?/m1/s1. The molecule has 8 nitrogen and oxygen atoms in total. The zero-order valence-corrected chi connectivity index (χ0v) is 15.0. The summed E-state index contributed by atoms with van der Waals surface area (Å²) in [6.45, 7) is 0.419. The molecular weight excluding hydrogens is 362 g/mol. The highest BCUT2D eigenvalue weighted by atomic mass is 16.7. The Balaban J connectivity index is 1.66. The number of amides is 3. The molecule has 0 aromatic heterocycles. The summed E-state index contributed by atoms with van der Waals surface area (Å²) in [5.41, 5.74) is 7.87. The quantitative estimate of drug-likeness (QED) is 0.736. The smallest absolute Gasteiger partial charge is 0.345 e. The highest BCUT2D eigenvalue weighted by Crippen LogP contribution is 2.45. The van der Waals surface area contributed by atoms with Gasteiger partial charge in [0.15, 0.2) is 6.29 Å². The summed E-state index contributed by atoms with van der Waals surface area (Å²) in [6, 6.07) is 12.9. The molecule has 2 N–H and O–H groups in total. The molecule has 2 heterocycles. The van der Waals surface area contributed by atoms with E-state index in [2.05, 4.69) is 0 Å². The molecule has 2 aliphatic heterocycles. The molecule has 0 spiro atoms. The predicted octanol–water partition coefficient (Wildman–Crippen LogP) is 1.71. The van der Waals surface area contributed by atoms with Crippen molar-refractivity contribution < 1.29 is 24.0 Å². The molecule has 1 unspecified atom stereocenters. The molecule has 0 aliphatic carbocycles. The number of carbonyl (C=O) groups excluding carboxylic acids is 3. The van der Waals surface area contributed by atoms with E-state index in [9.17, 15) is 14.4 Å². The SMILES string of the molecule is NC(=O)C1c2ccc(OCC=O)cc2[C@H]2CN1C(=O)N2OCc1ccccc1. The van der Waals surface area contributed by atoms with Crippen molar-refractivity contribution in [1.82, 2.24) is 9.96 Å². The molecule has 2 atom stereocenters. The number of urea groups is 1. The normalized spacial score (nSPS) is 20.1. The first-order valence-corrected chi connectivity index (χ1v) is 8.86. The van der Waals surface area contributed by atoms with Crippen molar-refractivity contribution in [2.45, 2.75) is 18.7 Å². The minimum Gasteiger partial charge on any atom is -0.486 e. The number of primary amides is 1. The van der Waals surface area contributed by atoms with E-state index in [1.165, 1.54) is 9.96 Å². The van der Waals surface area contributed by atoms with Gasteiger partial charge in [-0.25, -0.2) is 4.79 Å². The van der Waals surface area contributed by atoms with Crippen LogP contribution in [-0.2, 0) is 21.0 Å². The fourth-order valence-corrected chi connectivity index (χ4v) is 3.69. The van der Waals surface area contributed by atoms with E-state index in [4.69, 9.17) is 15.3 Å². The average Bonchev–Trinajstić information content (AvgIpc) is 2.98. The van der Waals surface area contributed by atoms with Crippen LogP contribution in [0.4, 0.5) is 4.79 Å². The Bertz CT molecular complexity index is 917. The predicted molar refractivity (Wildman–Crippen MR) is 97.8 cm³/mol. The number of rotatable bonds is 7. The molecule has 2 aromatic rings. The number of hydrogen-bond acceptors (Lipinski definition) is 5. The maximum atomic E-state index is 12.9. The van der Waals surface area contributed by atoms with Crippen molar-refractivity contribution in [3.63, 3.8) is 0 Å². The number of fused-ring (bicyclic) bond motifs is 4. The second kappa shape index (κ2) is 7.32. The van der Waals surface area contributed by atoms with Crippen molar-refractivity contribution in [2.75, 3.05) is 13.2 Å². The van der Waals surface area contributed by atoms with Crippen molar-refractivity contribution in [3.8, 4) is 5.75 Å². The lowest BCUT2D eigenvalue weighted by Gasteiger charge is -2.31. The summed E-state index contributed by atoms with van der Waals surface area (Å²) < 4.78 is 5.37. The van der Waals surface area contributed by atoms with Gasteiger partial charge >= 0.3 is 6.03 Å². The van der Waals surface area contributed by atoms with Gasteiger partial charge in [-0.15, -0.1) is 0 Å². The van der Waals surface area contributed by atoms with Crippen molar-refractivity contribution in [3.05, 3.63) is 65.2 Å². The molecule has 8 heteroatoms. The maximum absolute atomic E-state index is 12.9. The molecule has 3 amide bonds. The van der Waals surface area contributed by atoms with Crippen LogP contribution in [0.1, 0.15) is 28.8 Å². The molecule has 2 aliphatic rings. The zero-order chi connectivity index (χ0) is 19.7. The summed E-state index contributed by atoms with van der Waals surface area (Å²) in [7, 11) is 0. The molecule has 0 saturated carbocycles. The third-order valence-electron chi connectivity index (χ3n) is 4.91. The first-order chi connectivity index (χ1) is 13.6. The molecule has 1 fully saturated rings. The number of hydrogen-bond donors (Lipinski definition) is 1. The number of nitrogens with two attached hydrogens (primary N) is 1.